The Kier molecular flexibility index (Phi) is 5.30. The summed E-state index contributed by atoms with van der Waals surface area (Å²) in [6.45, 7) is 4.66. The van der Waals surface area contributed by atoms with Gasteiger partial charge in [-0.25, -0.2) is 4.79 Å². The molecule has 0 bridgehead atoms. The summed E-state index contributed by atoms with van der Waals surface area (Å²) in [6, 6.07) is 12.2. The summed E-state index contributed by atoms with van der Waals surface area (Å²) in [7, 11) is 0. The highest BCUT2D eigenvalue weighted by atomic mass is 16.6. The van der Waals surface area contributed by atoms with Crippen molar-refractivity contribution in [3.05, 3.63) is 64.2 Å². The smallest absolute Gasteiger partial charge is 0.343 e. The molecular weight excluding hydrogens is 298 g/mol. The van der Waals surface area contributed by atoms with Crippen molar-refractivity contribution in [1.29, 1.82) is 0 Å². The van der Waals surface area contributed by atoms with E-state index in [1.165, 1.54) is 18.2 Å². The third kappa shape index (κ3) is 4.54. The lowest BCUT2D eigenvalue weighted by Crippen LogP contribution is -2.10. The monoisotopic (exact) mass is 315 g/mol. The summed E-state index contributed by atoms with van der Waals surface area (Å²) < 4.78 is 10.6. The van der Waals surface area contributed by atoms with Gasteiger partial charge in [0.05, 0.1) is 17.1 Å². The van der Waals surface area contributed by atoms with Gasteiger partial charge >= 0.3 is 11.7 Å². The van der Waals surface area contributed by atoms with Crippen LogP contribution in [0.5, 0.6) is 11.5 Å². The van der Waals surface area contributed by atoms with Crippen LogP contribution in [0.3, 0.4) is 0 Å². The number of hydrogen-bond acceptors (Lipinski definition) is 5. The Bertz CT molecular complexity index is 694. The summed E-state index contributed by atoms with van der Waals surface area (Å²) in [4.78, 5) is 22.4. The van der Waals surface area contributed by atoms with Gasteiger partial charge in [0.1, 0.15) is 5.75 Å². The minimum Gasteiger partial charge on any atom is -0.493 e. The summed E-state index contributed by atoms with van der Waals surface area (Å²) in [6.07, 6.45) is 0. The minimum absolute atomic E-state index is 0.0809. The Labute approximate surface area is 133 Å². The van der Waals surface area contributed by atoms with E-state index in [1.807, 2.05) is 13.8 Å². The average Bonchev–Trinajstić information content (AvgIpc) is 2.53. The molecule has 0 heterocycles. The van der Waals surface area contributed by atoms with Crippen molar-refractivity contribution >= 4 is 11.7 Å². The van der Waals surface area contributed by atoms with E-state index in [0.717, 1.165) is 0 Å². The van der Waals surface area contributed by atoms with E-state index in [-0.39, 0.29) is 11.4 Å². The minimum atomic E-state index is -0.658. The second-order valence-electron chi connectivity index (χ2n) is 5.34. The highest BCUT2D eigenvalue weighted by Crippen LogP contribution is 2.26. The molecule has 6 nitrogen and oxygen atoms in total. The number of benzene rings is 2. The standard InChI is InChI=1S/C17H17NO5/c1-12(2)11-22-14-9-7-13(8-10-14)17(19)23-16-6-4-3-5-15(16)18(20)21/h3-10,12H,11H2,1-2H3. The molecule has 0 aliphatic rings. The Balaban J connectivity index is 2.08. The molecule has 0 spiro atoms. The largest absolute Gasteiger partial charge is 0.493 e. The van der Waals surface area contributed by atoms with E-state index < -0.39 is 10.9 Å². The Morgan fingerprint density at radius 2 is 1.78 bits per heavy atom. The molecule has 0 radical (unpaired) electrons. The van der Waals surface area contributed by atoms with Gasteiger partial charge in [0.2, 0.25) is 5.75 Å². The molecule has 0 unspecified atom stereocenters. The lowest BCUT2D eigenvalue weighted by molar-refractivity contribution is -0.385. The van der Waals surface area contributed by atoms with Crippen molar-refractivity contribution in [2.75, 3.05) is 6.61 Å². The van der Waals surface area contributed by atoms with Crippen molar-refractivity contribution in [2.45, 2.75) is 13.8 Å². The van der Waals surface area contributed by atoms with Crippen molar-refractivity contribution in [3.8, 4) is 11.5 Å². The number of carbonyl (C=O) groups excluding carboxylic acids is 1. The number of rotatable bonds is 6. The molecule has 0 saturated carbocycles. The molecule has 120 valence electrons. The van der Waals surface area contributed by atoms with E-state index in [2.05, 4.69) is 0 Å². The first-order valence-corrected chi connectivity index (χ1v) is 7.16. The molecule has 0 fully saturated rings. The topological polar surface area (TPSA) is 78.7 Å². The van der Waals surface area contributed by atoms with Gasteiger partial charge in [0.15, 0.2) is 0 Å². The molecule has 2 rings (SSSR count). The second kappa shape index (κ2) is 7.40. The fourth-order valence-corrected chi connectivity index (χ4v) is 1.80. The quantitative estimate of drug-likeness (QED) is 0.350. The number of hydrogen-bond donors (Lipinski definition) is 0. The van der Waals surface area contributed by atoms with E-state index in [0.29, 0.717) is 23.8 Å². The highest BCUT2D eigenvalue weighted by Gasteiger charge is 2.18. The molecule has 0 N–H and O–H groups in total. The van der Waals surface area contributed by atoms with Crippen LogP contribution in [0.15, 0.2) is 48.5 Å². The zero-order valence-corrected chi connectivity index (χ0v) is 12.9. The maximum atomic E-state index is 12.1. The second-order valence-corrected chi connectivity index (χ2v) is 5.34. The lowest BCUT2D eigenvalue weighted by atomic mass is 10.2. The van der Waals surface area contributed by atoms with Crippen LogP contribution < -0.4 is 9.47 Å². The van der Waals surface area contributed by atoms with Gasteiger partial charge in [-0.3, -0.25) is 10.1 Å². The molecule has 2 aromatic rings. The summed E-state index contributed by atoms with van der Waals surface area (Å²) in [5, 5.41) is 10.9. The first-order valence-electron chi connectivity index (χ1n) is 7.16. The van der Waals surface area contributed by atoms with Crippen LogP contribution in [0.1, 0.15) is 24.2 Å². The normalized spacial score (nSPS) is 10.4. The molecule has 2 aromatic carbocycles. The maximum absolute atomic E-state index is 12.1. The first kappa shape index (κ1) is 16.5. The Morgan fingerprint density at radius 1 is 1.13 bits per heavy atom. The Hall–Kier alpha value is -2.89. The molecule has 0 atom stereocenters. The molecule has 23 heavy (non-hydrogen) atoms. The zero-order valence-electron chi connectivity index (χ0n) is 12.9. The van der Waals surface area contributed by atoms with E-state index in [4.69, 9.17) is 9.47 Å². The summed E-state index contributed by atoms with van der Waals surface area (Å²) in [5.41, 5.74) is 0.0396. The number of nitrogens with zero attached hydrogens (tertiary/aromatic N) is 1. The predicted molar refractivity (Wildman–Crippen MR) is 84.8 cm³/mol. The average molecular weight is 315 g/mol. The third-order valence-corrected chi connectivity index (χ3v) is 2.94. The number of ether oxygens (including phenoxy) is 2. The fraction of sp³-hybridized carbons (Fsp3) is 0.235. The van der Waals surface area contributed by atoms with Crippen molar-refractivity contribution in [2.24, 2.45) is 5.92 Å². The van der Waals surface area contributed by atoms with Crippen molar-refractivity contribution in [1.82, 2.24) is 0 Å². The molecule has 0 aliphatic carbocycles. The Morgan fingerprint density at radius 3 is 2.39 bits per heavy atom. The van der Waals surface area contributed by atoms with Crippen LogP contribution >= 0.6 is 0 Å². The predicted octanol–water partition coefficient (Wildman–Crippen LogP) is 3.85. The van der Waals surface area contributed by atoms with Gasteiger partial charge in [-0.05, 0) is 36.2 Å². The first-order chi connectivity index (χ1) is 11.0. The molecule has 0 amide bonds. The zero-order chi connectivity index (χ0) is 16.8. The SMILES string of the molecule is CC(C)COc1ccc(C(=O)Oc2ccccc2[N+](=O)[O-])cc1. The molecule has 0 saturated heterocycles. The van der Waals surface area contributed by atoms with Crippen LogP contribution in [0.2, 0.25) is 0 Å². The van der Waals surface area contributed by atoms with E-state index >= 15 is 0 Å². The van der Waals surface area contributed by atoms with Gasteiger partial charge in [-0.2, -0.15) is 0 Å². The molecular formula is C17H17NO5. The van der Waals surface area contributed by atoms with Crippen LogP contribution in [0.25, 0.3) is 0 Å². The molecule has 6 heteroatoms. The molecule has 0 aliphatic heterocycles. The van der Waals surface area contributed by atoms with Gasteiger partial charge in [-0.1, -0.05) is 26.0 Å². The van der Waals surface area contributed by atoms with E-state index in [1.54, 1.807) is 30.3 Å². The van der Waals surface area contributed by atoms with Crippen LogP contribution in [0, 0.1) is 16.0 Å². The van der Waals surface area contributed by atoms with Gasteiger partial charge in [0.25, 0.3) is 0 Å². The fourth-order valence-electron chi connectivity index (χ4n) is 1.80. The van der Waals surface area contributed by atoms with Crippen molar-refractivity contribution < 1.29 is 19.2 Å². The van der Waals surface area contributed by atoms with Gasteiger partial charge < -0.3 is 9.47 Å². The van der Waals surface area contributed by atoms with Gasteiger partial charge in [0, 0.05) is 6.07 Å². The summed E-state index contributed by atoms with van der Waals surface area (Å²) >= 11 is 0. The van der Waals surface area contributed by atoms with Crippen LogP contribution in [-0.2, 0) is 0 Å². The van der Waals surface area contributed by atoms with Crippen LogP contribution in [-0.4, -0.2) is 17.5 Å². The maximum Gasteiger partial charge on any atom is 0.343 e. The number of para-hydroxylation sites is 2. The molecule has 0 aromatic heterocycles. The number of esters is 1. The number of nitro benzene ring substituents is 1. The lowest BCUT2D eigenvalue weighted by Gasteiger charge is -2.09. The summed E-state index contributed by atoms with van der Waals surface area (Å²) in [5.74, 6) is 0.316. The van der Waals surface area contributed by atoms with Crippen molar-refractivity contribution in [3.63, 3.8) is 0 Å². The number of nitro groups is 1. The third-order valence-electron chi connectivity index (χ3n) is 2.94. The highest BCUT2D eigenvalue weighted by molar-refractivity contribution is 5.91. The van der Waals surface area contributed by atoms with Gasteiger partial charge in [-0.15, -0.1) is 0 Å². The van der Waals surface area contributed by atoms with Crippen LogP contribution in [0.4, 0.5) is 5.69 Å². The van der Waals surface area contributed by atoms with E-state index in [9.17, 15) is 14.9 Å². The number of carbonyl (C=O) groups is 1.